The molecule has 5 N–H and O–H groups in total. The highest BCUT2D eigenvalue weighted by atomic mass is 127. The lowest BCUT2D eigenvalue weighted by Crippen LogP contribution is -2.31. The first-order valence-corrected chi connectivity index (χ1v) is 18.3. The molecule has 4 aromatic carbocycles. The molecule has 13 heteroatoms. The van der Waals surface area contributed by atoms with Crippen molar-refractivity contribution in [1.29, 1.82) is 0 Å². The molecule has 5 aromatic rings. The van der Waals surface area contributed by atoms with Gasteiger partial charge in [-0.3, -0.25) is 9.78 Å². The highest BCUT2D eigenvalue weighted by molar-refractivity contribution is 14.1. The standard InChI is InChI=1S/C24H21N3O4.C15H10BrIN2O2/c25-23-27-24(14-30-23)18-11-15(17-3-1-9-26-13-17)5-7-21(18)31-22-8-6-16(12-19(22)24)20(29)4-2-10-28;16-8-1-3-12-10(5-8)15(7-20-14(18)19-15)11-6-9(17)2-4-13(11)21-12/h1,3,5-9,11-13,28H,2,4,10,14H2,(H2,25,27);1-6H,7H2,(H2,18,19)/t24-;15-/m01/s1. The Kier molecular flexibility index (Phi) is 8.87. The van der Waals surface area contributed by atoms with Gasteiger partial charge in [0, 0.05) is 66.8 Å². The van der Waals surface area contributed by atoms with Crippen molar-refractivity contribution in [3.63, 3.8) is 0 Å². The molecule has 4 aliphatic heterocycles. The summed E-state index contributed by atoms with van der Waals surface area (Å²) in [5, 5.41) is 9.06. The molecule has 262 valence electrons. The molecule has 0 saturated heterocycles. The summed E-state index contributed by atoms with van der Waals surface area (Å²) in [5.41, 5.74) is 16.2. The van der Waals surface area contributed by atoms with Gasteiger partial charge in [0.2, 0.25) is 0 Å². The van der Waals surface area contributed by atoms with Gasteiger partial charge in [-0.2, -0.15) is 0 Å². The summed E-state index contributed by atoms with van der Waals surface area (Å²) in [6, 6.07) is 27.4. The van der Waals surface area contributed by atoms with Crippen molar-refractivity contribution in [2.24, 2.45) is 21.5 Å². The van der Waals surface area contributed by atoms with Crippen LogP contribution in [0.2, 0.25) is 0 Å². The molecule has 5 heterocycles. The number of Topliss-reactive ketones (excluding diaryl/α,β-unsaturated/α-hetero) is 1. The monoisotopic (exact) mass is 871 g/mol. The number of rotatable bonds is 5. The third-order valence-corrected chi connectivity index (χ3v) is 10.6. The maximum absolute atomic E-state index is 12.6. The summed E-state index contributed by atoms with van der Waals surface area (Å²) in [7, 11) is 0. The van der Waals surface area contributed by atoms with E-state index in [-0.39, 0.29) is 37.5 Å². The number of hydrogen-bond acceptors (Lipinski definition) is 11. The number of ether oxygens (including phenoxy) is 4. The fraction of sp³-hybridized carbons (Fsp3) is 0.179. The molecular weight excluding hydrogens is 841 g/mol. The van der Waals surface area contributed by atoms with E-state index in [0.717, 1.165) is 52.9 Å². The van der Waals surface area contributed by atoms with Gasteiger partial charge in [0.25, 0.3) is 12.0 Å². The molecule has 9 rings (SSSR count). The topological polar surface area (TPSA) is 164 Å². The number of pyridine rings is 1. The van der Waals surface area contributed by atoms with Crippen LogP contribution in [0.3, 0.4) is 0 Å². The quantitative estimate of drug-likeness (QED) is 0.123. The van der Waals surface area contributed by atoms with E-state index in [0.29, 0.717) is 30.1 Å². The van der Waals surface area contributed by atoms with Crippen LogP contribution >= 0.6 is 38.5 Å². The lowest BCUT2D eigenvalue weighted by Gasteiger charge is -2.34. The minimum atomic E-state index is -0.904. The van der Waals surface area contributed by atoms with Gasteiger partial charge in [-0.15, -0.1) is 0 Å². The summed E-state index contributed by atoms with van der Waals surface area (Å²) in [5.74, 6) is 2.82. The number of halogens is 2. The van der Waals surface area contributed by atoms with Crippen LogP contribution in [-0.4, -0.2) is 47.7 Å². The van der Waals surface area contributed by atoms with Crippen LogP contribution in [0.4, 0.5) is 0 Å². The first kappa shape index (κ1) is 34.1. The number of carbonyl (C=O) groups is 1. The second-order valence-corrected chi connectivity index (χ2v) is 14.8. The highest BCUT2D eigenvalue weighted by Gasteiger charge is 2.48. The Bertz CT molecular complexity index is 2250. The summed E-state index contributed by atoms with van der Waals surface area (Å²) in [6.07, 6.45) is 4.22. The van der Waals surface area contributed by atoms with Crippen LogP contribution in [0.1, 0.15) is 45.5 Å². The zero-order valence-electron chi connectivity index (χ0n) is 27.5. The average molecular weight is 873 g/mol. The summed E-state index contributed by atoms with van der Waals surface area (Å²) in [6.45, 7) is 0.578. The molecule has 52 heavy (non-hydrogen) atoms. The lowest BCUT2D eigenvalue weighted by atomic mass is 9.79. The number of aliphatic hydroxyl groups excluding tert-OH is 1. The molecule has 0 amide bonds. The SMILES string of the molecule is NC1=N[C@]2(CO1)c1cc(Br)ccc1Oc1ccc(I)cc12.NC1=N[C@]2(CO1)c1cc(C(=O)CCCO)ccc1Oc1ccc(-c3cccnc3)cc12. The molecule has 0 saturated carbocycles. The third kappa shape index (κ3) is 5.95. The van der Waals surface area contributed by atoms with E-state index < -0.39 is 11.1 Å². The number of aromatic nitrogens is 1. The predicted molar refractivity (Wildman–Crippen MR) is 207 cm³/mol. The molecule has 0 aliphatic carbocycles. The molecule has 0 radical (unpaired) electrons. The second-order valence-electron chi connectivity index (χ2n) is 12.6. The highest BCUT2D eigenvalue weighted by Crippen LogP contribution is 2.53. The number of hydrogen-bond donors (Lipinski definition) is 3. The Hall–Kier alpha value is -4.99. The maximum Gasteiger partial charge on any atom is 0.283 e. The molecule has 0 bridgehead atoms. The van der Waals surface area contributed by atoms with E-state index in [9.17, 15) is 4.79 Å². The Morgan fingerprint density at radius 2 is 1.37 bits per heavy atom. The molecule has 4 aliphatic rings. The smallest absolute Gasteiger partial charge is 0.283 e. The number of nitrogens with two attached hydrogens (primary N) is 2. The zero-order chi connectivity index (χ0) is 36.0. The van der Waals surface area contributed by atoms with Crippen LogP contribution in [0.25, 0.3) is 11.1 Å². The van der Waals surface area contributed by atoms with E-state index in [1.54, 1.807) is 30.6 Å². The van der Waals surface area contributed by atoms with Crippen LogP contribution in [0.5, 0.6) is 23.0 Å². The Labute approximate surface area is 321 Å². The summed E-state index contributed by atoms with van der Waals surface area (Å²) in [4.78, 5) is 26.1. The van der Waals surface area contributed by atoms with Gasteiger partial charge in [0.1, 0.15) is 36.2 Å². The van der Waals surface area contributed by atoms with Gasteiger partial charge in [-0.25, -0.2) is 9.98 Å². The maximum atomic E-state index is 12.6. The fourth-order valence-electron chi connectivity index (χ4n) is 6.92. The number of amidine groups is 2. The second kappa shape index (κ2) is 13.5. The Morgan fingerprint density at radius 3 is 1.98 bits per heavy atom. The van der Waals surface area contributed by atoms with Gasteiger partial charge in [0.05, 0.1) is 0 Å². The molecular formula is C39H31BrIN5O6. The van der Waals surface area contributed by atoms with Crippen molar-refractivity contribution < 1.29 is 28.8 Å². The van der Waals surface area contributed by atoms with Crippen molar-refractivity contribution in [2.75, 3.05) is 19.8 Å². The predicted octanol–water partition coefficient (Wildman–Crippen LogP) is 7.15. The number of benzene rings is 4. The van der Waals surface area contributed by atoms with Crippen molar-refractivity contribution in [1.82, 2.24) is 4.98 Å². The van der Waals surface area contributed by atoms with E-state index in [4.69, 9.17) is 35.5 Å². The normalized spacial score (nSPS) is 20.0. The number of aliphatic imine (C=N–C) groups is 2. The first-order chi connectivity index (χ1) is 25.2. The van der Waals surface area contributed by atoms with Crippen molar-refractivity contribution in [3.05, 3.63) is 133 Å². The zero-order valence-corrected chi connectivity index (χ0v) is 31.3. The van der Waals surface area contributed by atoms with E-state index in [2.05, 4.69) is 59.6 Å². The molecule has 1 aromatic heterocycles. The third-order valence-electron chi connectivity index (χ3n) is 9.40. The summed E-state index contributed by atoms with van der Waals surface area (Å²) >= 11 is 5.79. The van der Waals surface area contributed by atoms with E-state index in [1.165, 1.54) is 0 Å². The Morgan fingerprint density at radius 1 is 0.769 bits per heavy atom. The van der Waals surface area contributed by atoms with E-state index >= 15 is 0 Å². The lowest BCUT2D eigenvalue weighted by molar-refractivity contribution is 0.0971. The van der Waals surface area contributed by atoms with Gasteiger partial charge in [-0.05, 0) is 107 Å². The van der Waals surface area contributed by atoms with Gasteiger partial charge in [-0.1, -0.05) is 28.1 Å². The number of ketones is 1. The van der Waals surface area contributed by atoms with Crippen LogP contribution in [-0.2, 0) is 20.6 Å². The van der Waals surface area contributed by atoms with Gasteiger partial charge in [0.15, 0.2) is 16.9 Å². The molecule has 11 nitrogen and oxygen atoms in total. The number of carbonyl (C=O) groups excluding carboxylic acids is 1. The molecule has 0 fully saturated rings. The summed E-state index contributed by atoms with van der Waals surface area (Å²) < 4.78 is 25.4. The van der Waals surface area contributed by atoms with Crippen molar-refractivity contribution in [3.8, 4) is 34.1 Å². The van der Waals surface area contributed by atoms with Gasteiger partial charge >= 0.3 is 0 Å². The minimum absolute atomic E-state index is 0.0249. The Balaban J connectivity index is 0.000000160. The number of fused-ring (bicyclic) bond motifs is 8. The van der Waals surface area contributed by atoms with Crippen LogP contribution in [0, 0.1) is 3.57 Å². The van der Waals surface area contributed by atoms with Gasteiger partial charge < -0.3 is 35.5 Å². The van der Waals surface area contributed by atoms with Crippen LogP contribution < -0.4 is 20.9 Å². The van der Waals surface area contributed by atoms with Crippen molar-refractivity contribution in [2.45, 2.75) is 23.9 Å². The molecule has 0 unspecified atom stereocenters. The number of nitrogens with zero attached hydrogens (tertiary/aromatic N) is 3. The van der Waals surface area contributed by atoms with Crippen LogP contribution in [0.15, 0.2) is 112 Å². The number of aliphatic hydroxyl groups is 1. The molecule has 2 atom stereocenters. The van der Waals surface area contributed by atoms with Crippen molar-refractivity contribution >= 4 is 56.3 Å². The fourth-order valence-corrected chi connectivity index (χ4v) is 7.78. The van der Waals surface area contributed by atoms with E-state index in [1.807, 2.05) is 60.7 Å². The minimum Gasteiger partial charge on any atom is -0.462 e. The first-order valence-electron chi connectivity index (χ1n) is 16.4. The average Bonchev–Trinajstić information content (AvgIpc) is 3.75. The largest absolute Gasteiger partial charge is 0.462 e. The molecule has 2 spiro atoms.